The van der Waals surface area contributed by atoms with Crippen LogP contribution in [-0.2, 0) is 16.0 Å². The van der Waals surface area contributed by atoms with Gasteiger partial charge in [0.2, 0.25) is 11.8 Å². The number of anilines is 3. The third kappa shape index (κ3) is 6.13. The molecule has 1 aromatic heterocycles. The molecule has 3 N–H and O–H groups in total. The first-order valence-corrected chi connectivity index (χ1v) is 9.83. The summed E-state index contributed by atoms with van der Waals surface area (Å²) in [4.78, 5) is 39.9. The van der Waals surface area contributed by atoms with Crippen LogP contribution in [0.1, 0.15) is 23.0 Å². The Morgan fingerprint density at radius 2 is 1.69 bits per heavy atom. The highest BCUT2D eigenvalue weighted by molar-refractivity contribution is 7.14. The quantitative estimate of drug-likeness (QED) is 0.548. The van der Waals surface area contributed by atoms with Gasteiger partial charge in [-0.25, -0.2) is 4.98 Å². The predicted octanol–water partition coefficient (Wildman–Crippen LogP) is 4.19. The van der Waals surface area contributed by atoms with Crippen LogP contribution >= 0.6 is 22.9 Å². The van der Waals surface area contributed by atoms with Crippen molar-refractivity contribution in [3.63, 3.8) is 0 Å². The van der Waals surface area contributed by atoms with Gasteiger partial charge in [-0.3, -0.25) is 19.7 Å². The van der Waals surface area contributed by atoms with Crippen molar-refractivity contribution in [2.45, 2.75) is 13.3 Å². The highest BCUT2D eigenvalue weighted by atomic mass is 35.5. The van der Waals surface area contributed by atoms with Crippen molar-refractivity contribution < 1.29 is 14.4 Å². The first kappa shape index (κ1) is 20.5. The van der Waals surface area contributed by atoms with E-state index in [9.17, 15) is 14.4 Å². The second kappa shape index (κ2) is 9.31. The minimum atomic E-state index is -0.304. The lowest BCUT2D eigenvalue weighted by Crippen LogP contribution is -2.15. The Morgan fingerprint density at radius 3 is 2.38 bits per heavy atom. The van der Waals surface area contributed by atoms with Crippen LogP contribution in [0, 0.1) is 0 Å². The molecule has 0 radical (unpaired) electrons. The van der Waals surface area contributed by atoms with Gasteiger partial charge in [-0.15, -0.1) is 11.3 Å². The number of nitrogens with one attached hydrogen (secondary N) is 3. The lowest BCUT2D eigenvalue weighted by Gasteiger charge is -2.07. The number of thiazole rings is 1. The number of carbonyl (C=O) groups excluding carboxylic acids is 3. The molecule has 0 unspecified atom stereocenters. The molecular weight excluding hydrogens is 412 g/mol. The first-order valence-electron chi connectivity index (χ1n) is 8.58. The van der Waals surface area contributed by atoms with Crippen LogP contribution < -0.4 is 16.0 Å². The molecule has 9 heteroatoms. The number of carbonyl (C=O) groups is 3. The zero-order chi connectivity index (χ0) is 20.8. The number of aromatic nitrogens is 1. The van der Waals surface area contributed by atoms with Crippen molar-refractivity contribution in [1.29, 1.82) is 0 Å². The van der Waals surface area contributed by atoms with E-state index < -0.39 is 0 Å². The van der Waals surface area contributed by atoms with Gasteiger partial charge in [0.15, 0.2) is 5.13 Å². The second-order valence-electron chi connectivity index (χ2n) is 6.09. The molecule has 0 aliphatic carbocycles. The van der Waals surface area contributed by atoms with E-state index in [0.29, 0.717) is 32.8 Å². The van der Waals surface area contributed by atoms with Crippen molar-refractivity contribution in [2.75, 3.05) is 16.0 Å². The number of amides is 3. The number of nitrogens with zero attached hydrogens (tertiary/aromatic N) is 1. The van der Waals surface area contributed by atoms with Crippen molar-refractivity contribution >= 4 is 57.2 Å². The average Bonchev–Trinajstić information content (AvgIpc) is 3.08. The topological polar surface area (TPSA) is 100 Å². The Kier molecular flexibility index (Phi) is 6.58. The van der Waals surface area contributed by atoms with Gasteiger partial charge in [0.25, 0.3) is 5.91 Å². The van der Waals surface area contributed by atoms with E-state index in [1.165, 1.54) is 18.3 Å². The van der Waals surface area contributed by atoms with E-state index in [1.54, 1.807) is 53.9 Å². The third-order valence-corrected chi connectivity index (χ3v) is 4.75. The molecular formula is C20H17ClN4O3S. The minimum Gasteiger partial charge on any atom is -0.326 e. The molecule has 0 fully saturated rings. The Bertz CT molecular complexity index is 1050. The van der Waals surface area contributed by atoms with E-state index in [-0.39, 0.29) is 24.1 Å². The average molecular weight is 429 g/mol. The SMILES string of the molecule is CC(=O)Nc1cccc(NC(=O)Cc2csc(NC(=O)c3ccc(Cl)cc3)n2)c1. The Morgan fingerprint density at radius 1 is 1.00 bits per heavy atom. The minimum absolute atomic E-state index is 0.0533. The number of rotatable bonds is 6. The molecule has 0 saturated heterocycles. The van der Waals surface area contributed by atoms with Gasteiger partial charge in [0.1, 0.15) is 0 Å². The van der Waals surface area contributed by atoms with Crippen molar-refractivity contribution in [3.8, 4) is 0 Å². The standard InChI is InChI=1S/C20H17ClN4O3S/c1-12(26)22-15-3-2-4-16(9-15)23-18(27)10-17-11-29-20(24-17)25-19(28)13-5-7-14(21)8-6-13/h2-9,11H,10H2,1H3,(H,22,26)(H,23,27)(H,24,25,28). The van der Waals surface area contributed by atoms with E-state index >= 15 is 0 Å². The van der Waals surface area contributed by atoms with E-state index in [0.717, 1.165) is 0 Å². The van der Waals surface area contributed by atoms with E-state index in [1.807, 2.05) is 0 Å². The van der Waals surface area contributed by atoms with Crippen molar-refractivity contribution in [3.05, 3.63) is 70.2 Å². The zero-order valence-electron chi connectivity index (χ0n) is 15.4. The summed E-state index contributed by atoms with van der Waals surface area (Å²) in [5, 5.41) is 10.8. The number of hydrogen-bond donors (Lipinski definition) is 3. The van der Waals surface area contributed by atoms with Gasteiger partial charge in [0, 0.05) is 34.3 Å². The monoisotopic (exact) mass is 428 g/mol. The molecule has 0 atom stereocenters. The predicted molar refractivity (Wildman–Crippen MR) is 115 cm³/mol. The van der Waals surface area contributed by atoms with E-state index in [2.05, 4.69) is 20.9 Å². The molecule has 2 aromatic carbocycles. The van der Waals surface area contributed by atoms with Gasteiger partial charge in [-0.05, 0) is 42.5 Å². The van der Waals surface area contributed by atoms with Crippen LogP contribution in [0.15, 0.2) is 53.9 Å². The zero-order valence-corrected chi connectivity index (χ0v) is 16.9. The van der Waals surface area contributed by atoms with Crippen LogP contribution in [0.25, 0.3) is 0 Å². The summed E-state index contributed by atoms with van der Waals surface area (Å²) in [5.74, 6) is -0.753. The molecule has 3 amide bonds. The van der Waals surface area contributed by atoms with Gasteiger partial charge in [-0.1, -0.05) is 17.7 Å². The number of hydrogen-bond acceptors (Lipinski definition) is 5. The van der Waals surface area contributed by atoms with Gasteiger partial charge in [0.05, 0.1) is 12.1 Å². The lowest BCUT2D eigenvalue weighted by molar-refractivity contribution is -0.116. The van der Waals surface area contributed by atoms with Crippen molar-refractivity contribution in [2.24, 2.45) is 0 Å². The third-order valence-electron chi connectivity index (χ3n) is 3.69. The highest BCUT2D eigenvalue weighted by Crippen LogP contribution is 2.19. The molecule has 0 bridgehead atoms. The Balaban J connectivity index is 1.57. The van der Waals surface area contributed by atoms with Crippen LogP contribution in [-0.4, -0.2) is 22.7 Å². The summed E-state index contributed by atoms with van der Waals surface area (Å²) >= 11 is 7.06. The smallest absolute Gasteiger partial charge is 0.257 e. The van der Waals surface area contributed by atoms with Gasteiger partial charge >= 0.3 is 0 Å². The number of halogens is 1. The normalized spacial score (nSPS) is 10.3. The molecule has 0 aliphatic rings. The molecule has 0 saturated carbocycles. The van der Waals surface area contributed by atoms with Crippen molar-refractivity contribution in [1.82, 2.24) is 4.98 Å². The summed E-state index contributed by atoms with van der Waals surface area (Å²) in [6.07, 6.45) is 0.0533. The molecule has 7 nitrogen and oxygen atoms in total. The van der Waals surface area contributed by atoms with Crippen LogP contribution in [0.2, 0.25) is 5.02 Å². The molecule has 1 heterocycles. The fraction of sp³-hybridized carbons (Fsp3) is 0.100. The molecule has 29 heavy (non-hydrogen) atoms. The van der Waals surface area contributed by atoms with E-state index in [4.69, 9.17) is 11.6 Å². The summed E-state index contributed by atoms with van der Waals surface area (Å²) in [6.45, 7) is 1.41. The maximum Gasteiger partial charge on any atom is 0.257 e. The maximum absolute atomic E-state index is 12.3. The summed E-state index contributed by atoms with van der Waals surface area (Å²) in [7, 11) is 0. The van der Waals surface area contributed by atoms with Crippen LogP contribution in [0.3, 0.4) is 0 Å². The Labute approximate surface area is 176 Å². The maximum atomic E-state index is 12.3. The Hall–Kier alpha value is -3.23. The molecule has 0 spiro atoms. The molecule has 3 aromatic rings. The summed E-state index contributed by atoms with van der Waals surface area (Å²) in [5.41, 5.74) is 2.16. The molecule has 0 aliphatic heterocycles. The van der Waals surface area contributed by atoms with Crippen LogP contribution in [0.4, 0.5) is 16.5 Å². The first-order chi connectivity index (χ1) is 13.9. The molecule has 3 rings (SSSR count). The molecule has 148 valence electrons. The summed E-state index contributed by atoms with van der Waals surface area (Å²) < 4.78 is 0. The van der Waals surface area contributed by atoms with Crippen LogP contribution in [0.5, 0.6) is 0 Å². The fourth-order valence-electron chi connectivity index (χ4n) is 2.46. The lowest BCUT2D eigenvalue weighted by atomic mass is 10.2. The fourth-order valence-corrected chi connectivity index (χ4v) is 3.30. The number of benzene rings is 2. The highest BCUT2D eigenvalue weighted by Gasteiger charge is 2.12. The van der Waals surface area contributed by atoms with Gasteiger partial charge < -0.3 is 10.6 Å². The largest absolute Gasteiger partial charge is 0.326 e. The van der Waals surface area contributed by atoms with Gasteiger partial charge in [-0.2, -0.15) is 0 Å². The second-order valence-corrected chi connectivity index (χ2v) is 7.39. The summed E-state index contributed by atoms with van der Waals surface area (Å²) in [6, 6.07) is 13.4.